The molecule has 0 amide bonds. The van der Waals surface area contributed by atoms with Crippen molar-refractivity contribution in [2.45, 2.75) is 45.2 Å². The van der Waals surface area contributed by atoms with Crippen molar-refractivity contribution in [3.05, 3.63) is 29.8 Å². The van der Waals surface area contributed by atoms with Gasteiger partial charge in [-0.25, -0.2) is 0 Å². The normalized spacial score (nSPS) is 14.8. The van der Waals surface area contributed by atoms with Crippen molar-refractivity contribution >= 4 is 0 Å². The molecule has 120 valence electrons. The van der Waals surface area contributed by atoms with Crippen LogP contribution in [0.3, 0.4) is 0 Å². The summed E-state index contributed by atoms with van der Waals surface area (Å²) in [7, 11) is 1.64. The topological polar surface area (TPSA) is 30.5 Å². The van der Waals surface area contributed by atoms with Gasteiger partial charge in [-0.2, -0.15) is 0 Å². The van der Waals surface area contributed by atoms with Gasteiger partial charge < -0.3 is 14.8 Å². The average Bonchev–Trinajstić information content (AvgIpc) is 2.42. The van der Waals surface area contributed by atoms with E-state index >= 15 is 0 Å². The lowest BCUT2D eigenvalue weighted by Gasteiger charge is -2.24. The molecule has 0 aliphatic carbocycles. The summed E-state index contributed by atoms with van der Waals surface area (Å²) in [6, 6.07) is 6.06. The van der Waals surface area contributed by atoms with Crippen LogP contribution in [0, 0.1) is 0 Å². The molecule has 1 rings (SSSR count). The first-order valence-corrected chi connectivity index (χ1v) is 6.96. The van der Waals surface area contributed by atoms with Gasteiger partial charge in [-0.15, -0.1) is 13.2 Å². The third-order valence-electron chi connectivity index (χ3n) is 3.21. The van der Waals surface area contributed by atoms with Gasteiger partial charge in [0.15, 0.2) is 0 Å². The molecule has 0 aliphatic rings. The Hall–Kier alpha value is -1.27. The zero-order valence-electron chi connectivity index (χ0n) is 12.5. The molecule has 0 bridgehead atoms. The number of hydrogen-bond acceptors (Lipinski definition) is 3. The zero-order valence-corrected chi connectivity index (χ0v) is 12.5. The molecule has 0 aromatic heterocycles. The van der Waals surface area contributed by atoms with Crippen LogP contribution in [0.5, 0.6) is 5.75 Å². The van der Waals surface area contributed by atoms with Crippen molar-refractivity contribution in [2.75, 3.05) is 13.7 Å². The van der Waals surface area contributed by atoms with Crippen molar-refractivity contribution in [1.29, 1.82) is 0 Å². The number of rotatable bonds is 8. The lowest BCUT2D eigenvalue weighted by molar-refractivity contribution is -0.274. The molecule has 3 nitrogen and oxygen atoms in total. The van der Waals surface area contributed by atoms with Crippen molar-refractivity contribution in [2.24, 2.45) is 0 Å². The van der Waals surface area contributed by atoms with Gasteiger partial charge in [-0.1, -0.05) is 19.1 Å². The molecule has 0 radical (unpaired) electrons. The van der Waals surface area contributed by atoms with E-state index < -0.39 is 6.36 Å². The van der Waals surface area contributed by atoms with Gasteiger partial charge in [0, 0.05) is 13.2 Å². The molecule has 6 heteroatoms. The van der Waals surface area contributed by atoms with E-state index in [9.17, 15) is 13.2 Å². The first kappa shape index (κ1) is 17.8. The van der Waals surface area contributed by atoms with E-state index in [1.165, 1.54) is 12.1 Å². The summed E-state index contributed by atoms with van der Waals surface area (Å²) in [4.78, 5) is 0. The van der Waals surface area contributed by atoms with Gasteiger partial charge in [0.05, 0.1) is 6.10 Å². The Morgan fingerprint density at radius 3 is 2.29 bits per heavy atom. The van der Waals surface area contributed by atoms with Crippen molar-refractivity contribution in [3.63, 3.8) is 0 Å². The van der Waals surface area contributed by atoms with Gasteiger partial charge in [0.25, 0.3) is 0 Å². The van der Waals surface area contributed by atoms with Gasteiger partial charge in [0.1, 0.15) is 5.75 Å². The fourth-order valence-electron chi connectivity index (χ4n) is 1.98. The number of alkyl halides is 3. The summed E-state index contributed by atoms with van der Waals surface area (Å²) in [5.41, 5.74) is 0.932. The molecule has 0 saturated carbocycles. The SMILES string of the molecule is CCCNC(Cc1ccc(OC(F)(F)F)cc1)C(C)OC. The second-order valence-electron chi connectivity index (χ2n) is 4.90. The molecule has 2 atom stereocenters. The zero-order chi connectivity index (χ0) is 15.9. The third kappa shape index (κ3) is 6.82. The van der Waals surface area contributed by atoms with Crippen LogP contribution in [0.4, 0.5) is 13.2 Å². The Balaban J connectivity index is 2.66. The molecule has 0 saturated heterocycles. The van der Waals surface area contributed by atoms with E-state index in [0.717, 1.165) is 18.5 Å². The maximum absolute atomic E-state index is 12.1. The van der Waals surface area contributed by atoms with Gasteiger partial charge in [-0.05, 0) is 44.0 Å². The van der Waals surface area contributed by atoms with Gasteiger partial charge >= 0.3 is 6.36 Å². The molecular weight excluding hydrogens is 283 g/mol. The molecule has 1 aromatic carbocycles. The Kier molecular flexibility index (Phi) is 6.98. The number of methoxy groups -OCH3 is 1. The van der Waals surface area contributed by atoms with Crippen LogP contribution in [-0.2, 0) is 11.2 Å². The Morgan fingerprint density at radius 2 is 1.81 bits per heavy atom. The Labute approximate surface area is 123 Å². The van der Waals surface area contributed by atoms with E-state index in [1.54, 1.807) is 19.2 Å². The minimum Gasteiger partial charge on any atom is -0.406 e. The van der Waals surface area contributed by atoms with Crippen molar-refractivity contribution in [3.8, 4) is 5.75 Å². The summed E-state index contributed by atoms with van der Waals surface area (Å²) in [5, 5.41) is 3.39. The number of ether oxygens (including phenoxy) is 2. The minimum atomic E-state index is -4.66. The third-order valence-corrected chi connectivity index (χ3v) is 3.21. The molecule has 1 aromatic rings. The summed E-state index contributed by atoms with van der Waals surface area (Å²) in [5.74, 6) is -0.205. The molecule has 0 aliphatic heterocycles. The summed E-state index contributed by atoms with van der Waals surface area (Å²) >= 11 is 0. The number of halogens is 3. The Bertz CT molecular complexity index is 406. The highest BCUT2D eigenvalue weighted by Crippen LogP contribution is 2.23. The Morgan fingerprint density at radius 1 is 1.19 bits per heavy atom. The summed E-state index contributed by atoms with van der Waals surface area (Å²) in [6.07, 6.45) is -2.95. The first-order valence-electron chi connectivity index (χ1n) is 6.96. The second kappa shape index (κ2) is 8.24. The predicted octanol–water partition coefficient (Wildman–Crippen LogP) is 3.53. The van der Waals surface area contributed by atoms with Crippen molar-refractivity contribution < 1.29 is 22.6 Å². The fraction of sp³-hybridized carbons (Fsp3) is 0.600. The highest BCUT2D eigenvalue weighted by Gasteiger charge is 2.31. The fourth-order valence-corrected chi connectivity index (χ4v) is 1.98. The monoisotopic (exact) mass is 305 g/mol. The van der Waals surface area contributed by atoms with E-state index in [1.807, 2.05) is 6.92 Å². The maximum Gasteiger partial charge on any atom is 0.573 e. The van der Waals surface area contributed by atoms with Crippen LogP contribution in [0.1, 0.15) is 25.8 Å². The number of benzene rings is 1. The van der Waals surface area contributed by atoms with E-state index in [2.05, 4.69) is 17.0 Å². The summed E-state index contributed by atoms with van der Waals surface area (Å²) < 4.78 is 45.5. The first-order chi connectivity index (χ1) is 9.85. The standard InChI is InChI=1S/C15H22F3NO2/c1-4-9-19-14(11(2)20-3)10-12-5-7-13(8-6-12)21-15(16,17)18/h5-8,11,14,19H,4,9-10H2,1-3H3. The van der Waals surface area contributed by atoms with E-state index in [-0.39, 0.29) is 17.9 Å². The highest BCUT2D eigenvalue weighted by atomic mass is 19.4. The lowest BCUT2D eigenvalue weighted by Crippen LogP contribution is -2.41. The molecular formula is C15H22F3NO2. The van der Waals surface area contributed by atoms with E-state index in [0.29, 0.717) is 6.42 Å². The predicted molar refractivity (Wildman–Crippen MR) is 75.4 cm³/mol. The number of nitrogens with one attached hydrogen (secondary N) is 1. The molecule has 0 heterocycles. The second-order valence-corrected chi connectivity index (χ2v) is 4.90. The van der Waals surface area contributed by atoms with Crippen LogP contribution in [0.25, 0.3) is 0 Å². The smallest absolute Gasteiger partial charge is 0.406 e. The summed E-state index contributed by atoms with van der Waals surface area (Å²) in [6.45, 7) is 4.91. The van der Waals surface area contributed by atoms with Crippen LogP contribution < -0.4 is 10.1 Å². The quantitative estimate of drug-likeness (QED) is 0.797. The van der Waals surface area contributed by atoms with Crippen LogP contribution in [0.2, 0.25) is 0 Å². The van der Waals surface area contributed by atoms with Crippen molar-refractivity contribution in [1.82, 2.24) is 5.32 Å². The van der Waals surface area contributed by atoms with Crippen LogP contribution >= 0.6 is 0 Å². The van der Waals surface area contributed by atoms with Crippen LogP contribution in [0.15, 0.2) is 24.3 Å². The van der Waals surface area contributed by atoms with Gasteiger partial charge in [-0.3, -0.25) is 0 Å². The lowest BCUT2D eigenvalue weighted by atomic mass is 10.0. The highest BCUT2D eigenvalue weighted by molar-refractivity contribution is 5.28. The minimum absolute atomic E-state index is 0.0163. The average molecular weight is 305 g/mol. The molecule has 2 unspecified atom stereocenters. The number of hydrogen-bond donors (Lipinski definition) is 1. The van der Waals surface area contributed by atoms with Gasteiger partial charge in [0.2, 0.25) is 0 Å². The van der Waals surface area contributed by atoms with Crippen LogP contribution in [-0.4, -0.2) is 32.2 Å². The molecule has 0 fully saturated rings. The largest absolute Gasteiger partial charge is 0.573 e. The maximum atomic E-state index is 12.1. The molecule has 21 heavy (non-hydrogen) atoms. The van der Waals surface area contributed by atoms with E-state index in [4.69, 9.17) is 4.74 Å². The molecule has 1 N–H and O–H groups in total. The molecule has 0 spiro atoms.